The van der Waals surface area contributed by atoms with E-state index in [0.29, 0.717) is 37.6 Å². The van der Waals surface area contributed by atoms with Crippen molar-refractivity contribution in [3.63, 3.8) is 0 Å². The Balaban J connectivity index is 1.37. The van der Waals surface area contributed by atoms with E-state index in [1.54, 1.807) is 53.1 Å². The fourth-order valence-corrected chi connectivity index (χ4v) is 4.92. The second-order valence-corrected chi connectivity index (χ2v) is 9.72. The van der Waals surface area contributed by atoms with Gasteiger partial charge in [-0.15, -0.1) is 11.3 Å². The Labute approximate surface area is 226 Å². The van der Waals surface area contributed by atoms with E-state index in [2.05, 4.69) is 20.6 Å². The fourth-order valence-electron chi connectivity index (χ4n) is 4.03. The highest BCUT2D eigenvalue weighted by Crippen LogP contribution is 2.29. The summed E-state index contributed by atoms with van der Waals surface area (Å²) in [5, 5.41) is 5.93. The minimum absolute atomic E-state index is 0.0522. The Kier molecular flexibility index (Phi) is 7.41. The van der Waals surface area contributed by atoms with Crippen LogP contribution < -0.4 is 16.4 Å². The molecule has 0 saturated heterocycles. The zero-order chi connectivity index (χ0) is 27.4. The Hall–Kier alpha value is -4.90. The van der Waals surface area contributed by atoms with Gasteiger partial charge in [0.2, 0.25) is 17.8 Å². The number of carbonyl (C=O) groups excluding carboxylic acids is 3. The summed E-state index contributed by atoms with van der Waals surface area (Å²) in [4.78, 5) is 46.3. The van der Waals surface area contributed by atoms with Crippen molar-refractivity contribution < 1.29 is 18.8 Å². The third kappa shape index (κ3) is 5.99. The molecule has 3 heterocycles. The van der Waals surface area contributed by atoms with E-state index in [0.717, 1.165) is 0 Å². The number of anilines is 2. The van der Waals surface area contributed by atoms with Crippen LogP contribution in [0.2, 0.25) is 0 Å². The van der Waals surface area contributed by atoms with Gasteiger partial charge in [0, 0.05) is 41.4 Å². The molecule has 2 aromatic carbocycles. The number of ketones is 1. The molecule has 0 radical (unpaired) electrons. The molecule has 3 aromatic heterocycles. The van der Waals surface area contributed by atoms with Crippen molar-refractivity contribution in [3.8, 4) is 10.4 Å². The van der Waals surface area contributed by atoms with Gasteiger partial charge in [-0.2, -0.15) is 4.39 Å². The van der Waals surface area contributed by atoms with Gasteiger partial charge in [-0.1, -0.05) is 30.3 Å². The van der Waals surface area contributed by atoms with E-state index in [1.165, 1.54) is 23.6 Å². The molecule has 0 spiro atoms. The number of rotatable bonds is 10. The first-order valence-electron chi connectivity index (χ1n) is 12.0. The second-order valence-electron chi connectivity index (χ2n) is 8.63. The van der Waals surface area contributed by atoms with Crippen molar-refractivity contribution in [2.24, 2.45) is 5.73 Å². The van der Waals surface area contributed by atoms with Gasteiger partial charge in [0.25, 0.3) is 5.91 Å². The zero-order valence-corrected chi connectivity index (χ0v) is 21.4. The maximum Gasteiger partial charge on any atom is 0.268 e. The first-order chi connectivity index (χ1) is 18.9. The van der Waals surface area contributed by atoms with Crippen LogP contribution in [0.1, 0.15) is 26.5 Å². The Morgan fingerprint density at radius 1 is 1.00 bits per heavy atom. The van der Waals surface area contributed by atoms with Crippen LogP contribution in [0, 0.1) is 5.95 Å². The standard InChI is InChI=1S/C28H23FN6O3S/c29-25-14-18(10-12-31-25)23-8-9-24(39-23)27(38)34-28-33-20-15-19(6-7-21(20)35(28)13-11-26(30)37)32-16-22(36)17-4-2-1-3-5-17/h1-10,12,14-15,32H,11,13,16H2,(H2,30,37)(H,33,34,38). The second kappa shape index (κ2) is 11.2. The minimum atomic E-state index is -0.603. The first-order valence-corrected chi connectivity index (χ1v) is 12.8. The average molecular weight is 543 g/mol. The summed E-state index contributed by atoms with van der Waals surface area (Å²) in [6, 6.07) is 20.7. The van der Waals surface area contributed by atoms with Crippen molar-refractivity contribution in [1.82, 2.24) is 14.5 Å². The lowest BCUT2D eigenvalue weighted by molar-refractivity contribution is -0.118. The number of benzene rings is 2. The van der Waals surface area contributed by atoms with Crippen LogP contribution in [-0.4, -0.2) is 38.7 Å². The van der Waals surface area contributed by atoms with Crippen LogP contribution in [0.15, 0.2) is 79.0 Å². The molecule has 0 fully saturated rings. The molecular weight excluding hydrogens is 519 g/mol. The van der Waals surface area contributed by atoms with E-state index >= 15 is 0 Å². The van der Waals surface area contributed by atoms with Gasteiger partial charge < -0.3 is 15.6 Å². The molecule has 0 atom stereocenters. The molecule has 9 nitrogen and oxygen atoms in total. The number of nitrogens with zero attached hydrogens (tertiary/aromatic N) is 3. The highest BCUT2D eigenvalue weighted by atomic mass is 32.1. The Morgan fingerprint density at radius 3 is 2.59 bits per heavy atom. The van der Waals surface area contributed by atoms with Crippen molar-refractivity contribution >= 4 is 51.6 Å². The number of aryl methyl sites for hydroxylation is 1. The van der Waals surface area contributed by atoms with Gasteiger partial charge in [-0.25, -0.2) is 9.97 Å². The smallest absolute Gasteiger partial charge is 0.268 e. The van der Waals surface area contributed by atoms with Crippen molar-refractivity contribution in [2.75, 3.05) is 17.2 Å². The van der Waals surface area contributed by atoms with E-state index in [9.17, 15) is 18.8 Å². The topological polar surface area (TPSA) is 132 Å². The summed E-state index contributed by atoms with van der Waals surface area (Å²) < 4.78 is 15.2. The monoisotopic (exact) mass is 542 g/mol. The maximum absolute atomic E-state index is 13.5. The number of halogens is 1. The number of carbonyl (C=O) groups is 3. The molecular formula is C28H23FN6O3S. The summed E-state index contributed by atoms with van der Waals surface area (Å²) >= 11 is 1.20. The average Bonchev–Trinajstić information content (AvgIpc) is 3.56. The molecule has 2 amide bonds. The summed E-state index contributed by atoms with van der Waals surface area (Å²) in [5.41, 5.74) is 8.52. The van der Waals surface area contributed by atoms with E-state index < -0.39 is 17.8 Å². The van der Waals surface area contributed by atoms with E-state index in [-0.39, 0.29) is 31.2 Å². The van der Waals surface area contributed by atoms with Crippen LogP contribution >= 0.6 is 11.3 Å². The summed E-state index contributed by atoms with van der Waals surface area (Å²) in [6.07, 6.45) is 1.42. The Bertz CT molecular complexity index is 1680. The quantitative estimate of drug-likeness (QED) is 0.173. The largest absolute Gasteiger partial charge is 0.378 e. The number of imidazole rings is 1. The predicted molar refractivity (Wildman–Crippen MR) is 148 cm³/mol. The molecule has 39 heavy (non-hydrogen) atoms. The number of aromatic nitrogens is 3. The predicted octanol–water partition coefficient (Wildman–Crippen LogP) is 4.72. The number of nitrogens with two attached hydrogens (primary N) is 1. The van der Waals surface area contributed by atoms with Crippen LogP contribution in [0.3, 0.4) is 0 Å². The Morgan fingerprint density at radius 2 is 1.82 bits per heavy atom. The third-order valence-corrected chi connectivity index (χ3v) is 7.08. The molecule has 196 valence electrons. The highest BCUT2D eigenvalue weighted by Gasteiger charge is 2.18. The van der Waals surface area contributed by atoms with Crippen molar-refractivity contribution in [2.45, 2.75) is 13.0 Å². The number of fused-ring (bicyclic) bond motifs is 1. The molecule has 0 aliphatic heterocycles. The molecule has 0 aliphatic carbocycles. The highest BCUT2D eigenvalue weighted by molar-refractivity contribution is 7.17. The molecule has 11 heteroatoms. The van der Waals surface area contributed by atoms with Gasteiger partial charge in [-0.3, -0.25) is 19.7 Å². The summed E-state index contributed by atoms with van der Waals surface area (Å²) in [7, 11) is 0. The van der Waals surface area contributed by atoms with Crippen LogP contribution in [0.25, 0.3) is 21.5 Å². The molecule has 0 unspecified atom stereocenters. The molecule has 4 N–H and O–H groups in total. The van der Waals surface area contributed by atoms with Gasteiger partial charge in [-0.05, 0) is 42.0 Å². The molecule has 5 aromatic rings. The number of amides is 2. The number of nitrogens with one attached hydrogen (secondary N) is 2. The normalized spacial score (nSPS) is 10.9. The summed E-state index contributed by atoms with van der Waals surface area (Å²) in [6.45, 7) is 0.316. The SMILES string of the molecule is NC(=O)CCn1c(NC(=O)c2ccc(-c3ccnc(F)c3)s2)nc2cc(NCC(=O)c3ccccc3)ccc21. The molecule has 0 saturated carbocycles. The van der Waals surface area contributed by atoms with E-state index in [4.69, 9.17) is 5.73 Å². The lowest BCUT2D eigenvalue weighted by atomic mass is 10.1. The fraction of sp³-hybridized carbons (Fsp3) is 0.107. The zero-order valence-electron chi connectivity index (χ0n) is 20.6. The molecule has 5 rings (SSSR count). The van der Waals surface area contributed by atoms with Crippen LogP contribution in [0.4, 0.5) is 16.0 Å². The lowest BCUT2D eigenvalue weighted by Gasteiger charge is -2.09. The van der Waals surface area contributed by atoms with Gasteiger partial charge in [0.15, 0.2) is 5.78 Å². The third-order valence-electron chi connectivity index (χ3n) is 5.95. The first kappa shape index (κ1) is 25.7. The van der Waals surface area contributed by atoms with Crippen molar-refractivity contribution in [3.05, 3.63) is 95.4 Å². The summed E-state index contributed by atoms with van der Waals surface area (Å²) in [5.74, 6) is -1.30. The van der Waals surface area contributed by atoms with Gasteiger partial charge in [0.1, 0.15) is 0 Å². The van der Waals surface area contributed by atoms with Crippen molar-refractivity contribution in [1.29, 1.82) is 0 Å². The number of thiophene rings is 1. The van der Waals surface area contributed by atoms with Gasteiger partial charge >= 0.3 is 0 Å². The number of Topliss-reactive ketones (excluding diaryl/α,β-unsaturated/α-hetero) is 1. The van der Waals surface area contributed by atoms with Crippen LogP contribution in [0.5, 0.6) is 0 Å². The lowest BCUT2D eigenvalue weighted by Crippen LogP contribution is -2.18. The molecule has 0 bridgehead atoms. The van der Waals surface area contributed by atoms with Crippen LogP contribution in [-0.2, 0) is 11.3 Å². The van der Waals surface area contributed by atoms with E-state index in [1.807, 2.05) is 18.2 Å². The number of primary amides is 1. The van der Waals surface area contributed by atoms with Gasteiger partial charge in [0.05, 0.1) is 22.5 Å². The number of hydrogen-bond donors (Lipinski definition) is 3. The minimum Gasteiger partial charge on any atom is -0.378 e. The number of pyridine rings is 1. The maximum atomic E-state index is 13.5. The number of hydrogen-bond acceptors (Lipinski definition) is 7. The molecule has 0 aliphatic rings.